The minimum absolute atomic E-state index is 0.0296. The third-order valence-corrected chi connectivity index (χ3v) is 13.1. The lowest BCUT2D eigenvalue weighted by Crippen LogP contribution is -2.37. The van der Waals surface area contributed by atoms with Gasteiger partial charge in [0.2, 0.25) is 0 Å². The minimum atomic E-state index is -4.63. The number of phosphoric acid groups is 1. The standard InChI is InChI=1S/C56H106NO8P/c1-6-8-10-12-14-16-18-20-22-23-24-25-26-27-28-29-30-31-32-33-35-37-39-41-43-45-47-49-56(59)65-54(53-64-66(60,61)63-51-50-57(3,4)5)52-62-55(58)48-46-44-42-40-38-36-34-21-19-17-15-13-11-9-7-2/h18,20,23-24,26-27,54H,6-17,19,21-22,25,28-53H2,1-5H3/b20-18-,24-23-,27-26-. The van der Waals surface area contributed by atoms with Crippen LogP contribution >= 0.6 is 7.82 Å². The zero-order valence-corrected chi connectivity index (χ0v) is 44.8. The molecule has 0 radical (unpaired) electrons. The molecule has 66 heavy (non-hydrogen) atoms. The van der Waals surface area contributed by atoms with E-state index in [1.165, 1.54) is 173 Å². The fourth-order valence-corrected chi connectivity index (χ4v) is 8.57. The second-order valence-electron chi connectivity index (χ2n) is 20.0. The maximum Gasteiger partial charge on any atom is 0.306 e. The van der Waals surface area contributed by atoms with E-state index in [1.54, 1.807) is 0 Å². The Kier molecular flexibility index (Phi) is 47.0. The Bertz CT molecular complexity index is 1210. The first kappa shape index (κ1) is 64.2. The number of ether oxygens (including phenoxy) is 2. The second kappa shape index (κ2) is 48.3. The number of allylic oxidation sites excluding steroid dienone is 6. The van der Waals surface area contributed by atoms with Gasteiger partial charge in [-0.1, -0.05) is 230 Å². The molecule has 388 valence electrons. The van der Waals surface area contributed by atoms with Gasteiger partial charge in [-0.3, -0.25) is 14.2 Å². The predicted molar refractivity (Wildman–Crippen MR) is 277 cm³/mol. The molecule has 0 spiro atoms. The molecule has 0 rings (SSSR count). The van der Waals surface area contributed by atoms with Crippen molar-refractivity contribution in [2.45, 2.75) is 264 Å². The molecule has 0 bridgehead atoms. The first-order valence-electron chi connectivity index (χ1n) is 27.7. The van der Waals surface area contributed by atoms with Crippen LogP contribution in [-0.4, -0.2) is 70.0 Å². The summed E-state index contributed by atoms with van der Waals surface area (Å²) in [6.45, 7) is 4.25. The molecule has 0 aliphatic heterocycles. The van der Waals surface area contributed by atoms with Crippen molar-refractivity contribution in [2.24, 2.45) is 0 Å². The van der Waals surface area contributed by atoms with E-state index in [-0.39, 0.29) is 32.0 Å². The van der Waals surface area contributed by atoms with Crippen LogP contribution in [-0.2, 0) is 32.7 Å². The van der Waals surface area contributed by atoms with Crippen molar-refractivity contribution >= 4 is 19.8 Å². The molecule has 0 aromatic rings. The summed E-state index contributed by atoms with van der Waals surface area (Å²) in [5.74, 6) is -0.824. The molecule has 0 N–H and O–H groups in total. The summed E-state index contributed by atoms with van der Waals surface area (Å²) in [5.41, 5.74) is 0. The van der Waals surface area contributed by atoms with Crippen LogP contribution in [0.15, 0.2) is 36.5 Å². The number of hydrogen-bond acceptors (Lipinski definition) is 8. The maximum absolute atomic E-state index is 12.8. The Morgan fingerprint density at radius 3 is 1.21 bits per heavy atom. The summed E-state index contributed by atoms with van der Waals surface area (Å²) >= 11 is 0. The van der Waals surface area contributed by atoms with E-state index in [4.69, 9.17) is 18.5 Å². The molecule has 0 aromatic heterocycles. The Hall–Kier alpha value is -1.77. The van der Waals surface area contributed by atoms with E-state index in [0.29, 0.717) is 17.4 Å². The summed E-state index contributed by atoms with van der Waals surface area (Å²) < 4.78 is 34.1. The average molecular weight is 952 g/mol. The van der Waals surface area contributed by atoms with Crippen LogP contribution in [0.2, 0.25) is 0 Å². The van der Waals surface area contributed by atoms with Crippen LogP contribution in [0.5, 0.6) is 0 Å². The highest BCUT2D eigenvalue weighted by atomic mass is 31.2. The van der Waals surface area contributed by atoms with Gasteiger partial charge in [-0.05, 0) is 51.4 Å². The average Bonchev–Trinajstić information content (AvgIpc) is 3.27. The third-order valence-electron chi connectivity index (χ3n) is 12.2. The lowest BCUT2D eigenvalue weighted by Gasteiger charge is -2.28. The van der Waals surface area contributed by atoms with Crippen molar-refractivity contribution in [1.29, 1.82) is 0 Å². The number of hydrogen-bond donors (Lipinski definition) is 0. The van der Waals surface area contributed by atoms with Crippen molar-refractivity contribution in [3.8, 4) is 0 Å². The predicted octanol–water partition coefficient (Wildman–Crippen LogP) is 16.2. The number of quaternary nitrogens is 1. The Labute approximate surface area is 408 Å². The molecule has 0 saturated heterocycles. The highest BCUT2D eigenvalue weighted by Crippen LogP contribution is 2.38. The minimum Gasteiger partial charge on any atom is -0.756 e. The van der Waals surface area contributed by atoms with Crippen LogP contribution in [0.4, 0.5) is 0 Å². The van der Waals surface area contributed by atoms with Crippen LogP contribution in [0.3, 0.4) is 0 Å². The van der Waals surface area contributed by atoms with Crippen molar-refractivity contribution in [3.63, 3.8) is 0 Å². The van der Waals surface area contributed by atoms with Gasteiger partial charge in [-0.25, -0.2) is 0 Å². The molecule has 0 heterocycles. The zero-order chi connectivity index (χ0) is 48.5. The SMILES string of the molecule is CCCCCCC/C=C\C/C=C\C/C=C\CCCCCCCCCCCCCCC(=O)OC(COC(=O)CCCCCCCCCCCCCCCCC)COP(=O)([O-])OCC[N+](C)(C)C. The molecular formula is C56H106NO8P. The molecule has 0 aliphatic rings. The van der Waals surface area contributed by atoms with Gasteiger partial charge >= 0.3 is 11.9 Å². The third kappa shape index (κ3) is 51.6. The number of carbonyl (C=O) groups is 2. The lowest BCUT2D eigenvalue weighted by molar-refractivity contribution is -0.870. The van der Waals surface area contributed by atoms with Gasteiger partial charge < -0.3 is 27.9 Å². The number of unbranched alkanes of at least 4 members (excludes halogenated alkanes) is 31. The van der Waals surface area contributed by atoms with Gasteiger partial charge in [0.05, 0.1) is 27.7 Å². The molecule has 2 atom stereocenters. The highest BCUT2D eigenvalue weighted by Gasteiger charge is 2.21. The number of phosphoric ester groups is 1. The van der Waals surface area contributed by atoms with Crippen LogP contribution < -0.4 is 4.89 Å². The van der Waals surface area contributed by atoms with E-state index in [0.717, 1.165) is 51.4 Å². The Morgan fingerprint density at radius 1 is 0.470 bits per heavy atom. The molecule has 10 heteroatoms. The van der Waals surface area contributed by atoms with E-state index >= 15 is 0 Å². The fraction of sp³-hybridized carbons (Fsp3) is 0.857. The summed E-state index contributed by atoms with van der Waals surface area (Å²) in [4.78, 5) is 37.8. The fourth-order valence-electron chi connectivity index (χ4n) is 7.84. The summed E-state index contributed by atoms with van der Waals surface area (Å²) in [5, 5.41) is 0. The molecule has 2 unspecified atom stereocenters. The van der Waals surface area contributed by atoms with Crippen molar-refractivity contribution in [1.82, 2.24) is 0 Å². The zero-order valence-electron chi connectivity index (χ0n) is 43.9. The van der Waals surface area contributed by atoms with E-state index in [1.807, 2.05) is 21.1 Å². The molecule has 0 aliphatic carbocycles. The molecule has 0 saturated carbocycles. The molecule has 0 aromatic carbocycles. The van der Waals surface area contributed by atoms with Crippen LogP contribution in [0, 0.1) is 0 Å². The molecular weight excluding hydrogens is 846 g/mol. The lowest BCUT2D eigenvalue weighted by atomic mass is 10.0. The molecule has 0 amide bonds. The summed E-state index contributed by atoms with van der Waals surface area (Å²) in [7, 11) is 1.17. The van der Waals surface area contributed by atoms with E-state index in [2.05, 4.69) is 50.3 Å². The van der Waals surface area contributed by atoms with Crippen molar-refractivity contribution in [3.05, 3.63) is 36.5 Å². The number of esters is 2. The Morgan fingerprint density at radius 2 is 0.818 bits per heavy atom. The smallest absolute Gasteiger partial charge is 0.306 e. The number of likely N-dealkylation sites (N-methyl/N-ethyl adjacent to an activating group) is 1. The normalized spacial score (nSPS) is 13.6. The Balaban J connectivity index is 4.14. The first-order chi connectivity index (χ1) is 32.0. The van der Waals surface area contributed by atoms with Crippen LogP contribution in [0.1, 0.15) is 258 Å². The number of rotatable bonds is 51. The van der Waals surface area contributed by atoms with Crippen molar-refractivity contribution < 1.29 is 42.1 Å². The molecule has 9 nitrogen and oxygen atoms in total. The van der Waals surface area contributed by atoms with Crippen LogP contribution in [0.25, 0.3) is 0 Å². The van der Waals surface area contributed by atoms with Gasteiger partial charge in [-0.15, -0.1) is 0 Å². The van der Waals surface area contributed by atoms with Crippen molar-refractivity contribution in [2.75, 3.05) is 47.5 Å². The molecule has 0 fully saturated rings. The monoisotopic (exact) mass is 952 g/mol. The summed E-state index contributed by atoms with van der Waals surface area (Å²) in [6, 6.07) is 0. The van der Waals surface area contributed by atoms with Gasteiger partial charge in [0.1, 0.15) is 19.8 Å². The largest absolute Gasteiger partial charge is 0.756 e. The highest BCUT2D eigenvalue weighted by molar-refractivity contribution is 7.45. The second-order valence-corrected chi connectivity index (χ2v) is 21.4. The van der Waals surface area contributed by atoms with E-state index < -0.39 is 26.5 Å². The number of nitrogens with zero attached hydrogens (tertiary/aromatic N) is 1. The topological polar surface area (TPSA) is 111 Å². The quantitative estimate of drug-likeness (QED) is 0.0195. The summed E-state index contributed by atoms with van der Waals surface area (Å²) in [6.07, 6.45) is 57.5. The van der Waals surface area contributed by atoms with E-state index in [9.17, 15) is 19.0 Å². The first-order valence-corrected chi connectivity index (χ1v) is 29.2. The number of carbonyl (C=O) groups excluding carboxylic acids is 2. The van der Waals surface area contributed by atoms with Gasteiger partial charge in [0, 0.05) is 12.8 Å². The van der Waals surface area contributed by atoms with Gasteiger partial charge in [-0.2, -0.15) is 0 Å². The van der Waals surface area contributed by atoms with Gasteiger partial charge in [0.15, 0.2) is 6.10 Å². The maximum atomic E-state index is 12.8. The van der Waals surface area contributed by atoms with Gasteiger partial charge in [0.25, 0.3) is 7.82 Å².